The molecule has 0 fully saturated rings. The van der Waals surface area contributed by atoms with Crippen LogP contribution in [0.25, 0.3) is 10.9 Å². The molecular weight excluding hydrogens is 296 g/mol. The third kappa shape index (κ3) is 3.17. The molecule has 3 rings (SSSR count). The summed E-state index contributed by atoms with van der Waals surface area (Å²) in [6, 6.07) is 12.0. The topological polar surface area (TPSA) is 41.9 Å². The zero-order valence-electron chi connectivity index (χ0n) is 12.4. The van der Waals surface area contributed by atoms with Crippen molar-refractivity contribution in [2.75, 3.05) is 18.0 Å². The highest BCUT2D eigenvalue weighted by molar-refractivity contribution is 6.28. The Morgan fingerprint density at radius 3 is 2.59 bits per heavy atom. The minimum atomic E-state index is 0.288. The van der Waals surface area contributed by atoms with E-state index >= 15 is 0 Å². The van der Waals surface area contributed by atoms with Gasteiger partial charge in [0.2, 0.25) is 5.28 Å². The second-order valence-corrected chi connectivity index (χ2v) is 5.36. The number of aromatic nitrogens is 3. The minimum absolute atomic E-state index is 0.288. The number of hydrogen-bond donors (Lipinski definition) is 0. The van der Waals surface area contributed by atoms with Crippen LogP contribution in [0.1, 0.15) is 12.5 Å². The lowest BCUT2D eigenvalue weighted by Gasteiger charge is -2.23. The van der Waals surface area contributed by atoms with Crippen LogP contribution in [0.4, 0.5) is 5.82 Å². The van der Waals surface area contributed by atoms with E-state index in [-0.39, 0.29) is 5.28 Å². The fraction of sp³-hybridized carbons (Fsp3) is 0.235. The van der Waals surface area contributed by atoms with Gasteiger partial charge in [-0.05, 0) is 54.8 Å². The lowest BCUT2D eigenvalue weighted by Crippen LogP contribution is -2.26. The van der Waals surface area contributed by atoms with E-state index in [1.807, 2.05) is 48.8 Å². The quantitative estimate of drug-likeness (QED) is 0.673. The van der Waals surface area contributed by atoms with E-state index < -0.39 is 0 Å². The molecule has 0 aliphatic heterocycles. The molecule has 0 saturated heterocycles. The first-order valence-corrected chi connectivity index (χ1v) is 7.72. The summed E-state index contributed by atoms with van der Waals surface area (Å²) in [4.78, 5) is 15.0. The lowest BCUT2D eigenvalue weighted by atomic mass is 10.1. The molecule has 0 N–H and O–H groups in total. The van der Waals surface area contributed by atoms with Crippen molar-refractivity contribution < 1.29 is 0 Å². The maximum atomic E-state index is 6.08. The lowest BCUT2D eigenvalue weighted by molar-refractivity contribution is 0.796. The number of rotatable bonds is 5. The predicted octanol–water partition coefficient (Wildman–Crippen LogP) is 3.75. The Morgan fingerprint density at radius 2 is 1.82 bits per heavy atom. The van der Waals surface area contributed by atoms with E-state index in [0.717, 1.165) is 36.2 Å². The van der Waals surface area contributed by atoms with Gasteiger partial charge in [0.1, 0.15) is 5.82 Å². The highest BCUT2D eigenvalue weighted by Gasteiger charge is 2.12. The molecule has 0 saturated carbocycles. The number of hydrogen-bond acceptors (Lipinski definition) is 4. The van der Waals surface area contributed by atoms with Crippen LogP contribution in [0.2, 0.25) is 5.28 Å². The average molecular weight is 313 g/mol. The molecule has 0 atom stereocenters. The molecule has 0 aliphatic carbocycles. The number of anilines is 1. The second-order valence-electron chi connectivity index (χ2n) is 5.02. The number of fused-ring (bicyclic) bond motifs is 1. The Labute approximate surface area is 134 Å². The molecule has 0 bridgehead atoms. The smallest absolute Gasteiger partial charge is 0.224 e. The summed E-state index contributed by atoms with van der Waals surface area (Å²) >= 11 is 6.08. The van der Waals surface area contributed by atoms with Crippen molar-refractivity contribution in [1.29, 1.82) is 0 Å². The van der Waals surface area contributed by atoms with Crippen LogP contribution in [0.3, 0.4) is 0 Å². The number of para-hydroxylation sites is 1. The van der Waals surface area contributed by atoms with E-state index in [1.165, 1.54) is 5.56 Å². The summed E-state index contributed by atoms with van der Waals surface area (Å²) in [5, 5.41) is 1.32. The van der Waals surface area contributed by atoms with Crippen LogP contribution >= 0.6 is 11.6 Å². The van der Waals surface area contributed by atoms with Gasteiger partial charge in [0.15, 0.2) is 0 Å². The van der Waals surface area contributed by atoms with E-state index in [0.29, 0.717) is 0 Å². The predicted molar refractivity (Wildman–Crippen MR) is 90.4 cm³/mol. The molecule has 0 radical (unpaired) electrons. The van der Waals surface area contributed by atoms with E-state index in [9.17, 15) is 0 Å². The first kappa shape index (κ1) is 14.7. The summed E-state index contributed by atoms with van der Waals surface area (Å²) in [6.07, 6.45) is 4.58. The molecule has 0 amide bonds. The SMILES string of the molecule is CCN(CCc1ccncc1)c1nc(Cl)nc2ccccc12. The molecular formula is C17H17ClN4. The zero-order valence-corrected chi connectivity index (χ0v) is 13.2. The average Bonchev–Trinajstić information content (AvgIpc) is 2.56. The van der Waals surface area contributed by atoms with E-state index in [2.05, 4.69) is 26.8 Å². The number of nitrogens with zero attached hydrogens (tertiary/aromatic N) is 4. The Morgan fingerprint density at radius 1 is 1.05 bits per heavy atom. The van der Waals surface area contributed by atoms with Crippen LogP contribution in [0, 0.1) is 0 Å². The third-order valence-corrected chi connectivity index (χ3v) is 3.83. The van der Waals surface area contributed by atoms with Gasteiger partial charge in [0, 0.05) is 30.9 Å². The summed E-state index contributed by atoms with van der Waals surface area (Å²) in [5.74, 6) is 0.896. The molecule has 2 heterocycles. The molecule has 0 aliphatic rings. The van der Waals surface area contributed by atoms with Crippen molar-refractivity contribution in [3.63, 3.8) is 0 Å². The normalized spacial score (nSPS) is 10.8. The molecule has 5 heteroatoms. The van der Waals surface area contributed by atoms with Crippen molar-refractivity contribution in [3.8, 4) is 0 Å². The van der Waals surface area contributed by atoms with Gasteiger partial charge >= 0.3 is 0 Å². The fourth-order valence-corrected chi connectivity index (χ4v) is 2.67. The molecule has 0 unspecified atom stereocenters. The van der Waals surface area contributed by atoms with Gasteiger partial charge < -0.3 is 4.90 Å². The summed E-state index contributed by atoms with van der Waals surface area (Å²) in [6.45, 7) is 3.86. The van der Waals surface area contributed by atoms with Crippen molar-refractivity contribution in [1.82, 2.24) is 15.0 Å². The Kier molecular flexibility index (Phi) is 4.49. The molecule has 4 nitrogen and oxygen atoms in total. The number of benzene rings is 1. The van der Waals surface area contributed by atoms with Gasteiger partial charge in [-0.25, -0.2) is 4.98 Å². The van der Waals surface area contributed by atoms with E-state index in [4.69, 9.17) is 11.6 Å². The summed E-state index contributed by atoms with van der Waals surface area (Å²) in [5.41, 5.74) is 2.14. The van der Waals surface area contributed by atoms with Crippen molar-refractivity contribution in [3.05, 3.63) is 59.6 Å². The molecule has 0 spiro atoms. The fourth-order valence-electron chi connectivity index (χ4n) is 2.50. The van der Waals surface area contributed by atoms with E-state index in [1.54, 1.807) is 0 Å². The van der Waals surface area contributed by atoms with Gasteiger partial charge in [-0.3, -0.25) is 4.98 Å². The van der Waals surface area contributed by atoms with Gasteiger partial charge in [-0.2, -0.15) is 4.98 Å². The maximum Gasteiger partial charge on any atom is 0.224 e. The van der Waals surface area contributed by atoms with Crippen LogP contribution in [-0.2, 0) is 6.42 Å². The van der Waals surface area contributed by atoms with Crippen molar-refractivity contribution >= 4 is 28.3 Å². The van der Waals surface area contributed by atoms with Gasteiger partial charge in [-0.15, -0.1) is 0 Å². The van der Waals surface area contributed by atoms with Gasteiger partial charge in [0.25, 0.3) is 0 Å². The summed E-state index contributed by atoms with van der Waals surface area (Å²) < 4.78 is 0. The third-order valence-electron chi connectivity index (χ3n) is 3.66. The summed E-state index contributed by atoms with van der Waals surface area (Å²) in [7, 11) is 0. The van der Waals surface area contributed by atoms with Crippen molar-refractivity contribution in [2.45, 2.75) is 13.3 Å². The molecule has 1 aromatic carbocycles. The minimum Gasteiger partial charge on any atom is -0.356 e. The Balaban J connectivity index is 1.90. The second kappa shape index (κ2) is 6.71. The largest absolute Gasteiger partial charge is 0.356 e. The van der Waals surface area contributed by atoms with Crippen LogP contribution < -0.4 is 4.90 Å². The molecule has 2 aromatic heterocycles. The highest BCUT2D eigenvalue weighted by atomic mass is 35.5. The molecule has 3 aromatic rings. The van der Waals surface area contributed by atoms with Crippen molar-refractivity contribution in [2.24, 2.45) is 0 Å². The first-order chi connectivity index (χ1) is 10.8. The van der Waals surface area contributed by atoms with Gasteiger partial charge in [-0.1, -0.05) is 12.1 Å². The number of halogens is 1. The van der Waals surface area contributed by atoms with Crippen LogP contribution in [-0.4, -0.2) is 28.0 Å². The molecule has 112 valence electrons. The maximum absolute atomic E-state index is 6.08. The van der Waals surface area contributed by atoms with Crippen LogP contribution in [0.5, 0.6) is 0 Å². The monoisotopic (exact) mass is 312 g/mol. The standard InChI is InChI=1S/C17H17ClN4/c1-2-22(12-9-13-7-10-19-11-8-13)16-14-5-3-4-6-15(14)20-17(18)21-16/h3-8,10-11H,2,9,12H2,1H3. The van der Waals surface area contributed by atoms with Gasteiger partial charge in [0.05, 0.1) is 5.52 Å². The Bertz CT molecular complexity index is 761. The Hall–Kier alpha value is -2.20. The number of pyridine rings is 1. The highest BCUT2D eigenvalue weighted by Crippen LogP contribution is 2.25. The zero-order chi connectivity index (χ0) is 15.4. The first-order valence-electron chi connectivity index (χ1n) is 7.34. The molecule has 22 heavy (non-hydrogen) atoms. The van der Waals surface area contributed by atoms with Crippen LogP contribution in [0.15, 0.2) is 48.8 Å². The number of likely N-dealkylation sites (N-methyl/N-ethyl adjacent to an activating group) is 1.